The van der Waals surface area contributed by atoms with E-state index in [1.165, 1.54) is 24.3 Å². The van der Waals surface area contributed by atoms with E-state index in [4.69, 9.17) is 4.42 Å². The van der Waals surface area contributed by atoms with Gasteiger partial charge in [-0.1, -0.05) is 30.3 Å². The van der Waals surface area contributed by atoms with Gasteiger partial charge in [-0.05, 0) is 84.7 Å². The summed E-state index contributed by atoms with van der Waals surface area (Å²) in [5.74, 6) is -0.617. The highest BCUT2D eigenvalue weighted by Crippen LogP contribution is 2.59. The van der Waals surface area contributed by atoms with Crippen LogP contribution in [0.15, 0.2) is 83.7 Å². The van der Waals surface area contributed by atoms with Gasteiger partial charge in [-0.15, -0.1) is 0 Å². The SMILES string of the molecule is O=C(/C=C/[C@@H]1CC1(c1ccc(F)cc1)c1ccc(F)cc1)NCCCCc1ccoc1. The third-order valence-electron chi connectivity index (χ3n) is 5.98. The van der Waals surface area contributed by atoms with Crippen LogP contribution in [-0.4, -0.2) is 12.5 Å². The van der Waals surface area contributed by atoms with Crippen molar-refractivity contribution < 1.29 is 18.0 Å². The van der Waals surface area contributed by atoms with E-state index >= 15 is 0 Å². The van der Waals surface area contributed by atoms with Crippen LogP contribution in [0.25, 0.3) is 0 Å². The number of allylic oxidation sites excluding steroid dienone is 1. The Morgan fingerprint density at radius 1 is 1.00 bits per heavy atom. The van der Waals surface area contributed by atoms with E-state index < -0.39 is 0 Å². The fourth-order valence-electron chi connectivity index (χ4n) is 4.21. The van der Waals surface area contributed by atoms with Crippen molar-refractivity contribution in [3.05, 3.63) is 108 Å². The highest BCUT2D eigenvalue weighted by Gasteiger charge is 2.55. The van der Waals surface area contributed by atoms with E-state index in [-0.39, 0.29) is 28.9 Å². The summed E-state index contributed by atoms with van der Waals surface area (Å²) < 4.78 is 31.9. The Hall–Kier alpha value is -3.21. The van der Waals surface area contributed by atoms with E-state index in [0.29, 0.717) is 6.54 Å². The van der Waals surface area contributed by atoms with Crippen LogP contribution in [0, 0.1) is 17.6 Å². The Labute approximate surface area is 180 Å². The normalized spacial score (nSPS) is 17.0. The monoisotopic (exact) mass is 421 g/mol. The predicted octanol–water partition coefficient (Wildman–Crippen LogP) is 5.56. The van der Waals surface area contributed by atoms with Gasteiger partial charge in [0.15, 0.2) is 0 Å². The van der Waals surface area contributed by atoms with Gasteiger partial charge in [0, 0.05) is 12.0 Å². The Bertz CT molecular complexity index is 979. The minimum atomic E-state index is -0.358. The van der Waals surface area contributed by atoms with Gasteiger partial charge >= 0.3 is 0 Å². The van der Waals surface area contributed by atoms with Crippen LogP contribution in [-0.2, 0) is 16.6 Å². The molecule has 160 valence electrons. The van der Waals surface area contributed by atoms with Gasteiger partial charge in [-0.25, -0.2) is 8.78 Å². The zero-order chi connectivity index (χ0) is 21.7. The number of halogens is 2. The van der Waals surface area contributed by atoms with Crippen molar-refractivity contribution in [1.29, 1.82) is 0 Å². The maximum atomic E-state index is 13.4. The lowest BCUT2D eigenvalue weighted by Crippen LogP contribution is -2.22. The molecule has 1 heterocycles. The van der Waals surface area contributed by atoms with E-state index in [1.54, 1.807) is 42.9 Å². The van der Waals surface area contributed by atoms with Crippen molar-refractivity contribution in [3.8, 4) is 0 Å². The second-order valence-electron chi connectivity index (χ2n) is 8.03. The highest BCUT2D eigenvalue weighted by molar-refractivity contribution is 5.87. The second-order valence-corrected chi connectivity index (χ2v) is 8.03. The summed E-state index contributed by atoms with van der Waals surface area (Å²) in [6.45, 7) is 0.618. The molecule has 1 saturated carbocycles. The molecule has 2 aromatic carbocycles. The van der Waals surface area contributed by atoms with Crippen LogP contribution < -0.4 is 5.32 Å². The lowest BCUT2D eigenvalue weighted by atomic mass is 9.85. The van der Waals surface area contributed by atoms with E-state index in [2.05, 4.69) is 5.32 Å². The van der Waals surface area contributed by atoms with Crippen LogP contribution in [0.3, 0.4) is 0 Å². The minimum Gasteiger partial charge on any atom is -0.472 e. The summed E-state index contributed by atoms with van der Waals surface area (Å²) in [5.41, 5.74) is 2.74. The molecule has 3 aromatic rings. The first-order valence-electron chi connectivity index (χ1n) is 10.6. The first-order valence-corrected chi connectivity index (χ1v) is 10.6. The molecule has 0 aliphatic heterocycles. The molecular weight excluding hydrogens is 396 g/mol. The largest absolute Gasteiger partial charge is 0.472 e. The minimum absolute atomic E-state index is 0.0928. The molecule has 31 heavy (non-hydrogen) atoms. The molecule has 1 aliphatic rings. The maximum Gasteiger partial charge on any atom is 0.243 e. The third kappa shape index (κ3) is 4.93. The number of aryl methyl sites for hydroxylation is 1. The maximum absolute atomic E-state index is 13.4. The molecule has 3 nitrogen and oxygen atoms in total. The number of furan rings is 1. The van der Waals surface area contributed by atoms with Crippen molar-refractivity contribution in [2.24, 2.45) is 5.92 Å². The molecule has 1 atom stereocenters. The van der Waals surface area contributed by atoms with Crippen LogP contribution in [0.1, 0.15) is 36.0 Å². The van der Waals surface area contributed by atoms with Gasteiger partial charge in [0.25, 0.3) is 0 Å². The quantitative estimate of drug-likeness (QED) is 0.363. The van der Waals surface area contributed by atoms with Crippen LogP contribution in [0.2, 0.25) is 0 Å². The molecule has 5 heteroatoms. The number of nitrogens with one attached hydrogen (secondary N) is 1. The van der Waals surface area contributed by atoms with Crippen molar-refractivity contribution in [3.63, 3.8) is 0 Å². The van der Waals surface area contributed by atoms with Crippen molar-refractivity contribution >= 4 is 5.91 Å². The molecular formula is C26H25F2NO2. The number of hydrogen-bond donors (Lipinski definition) is 1. The number of amides is 1. The van der Waals surface area contributed by atoms with Crippen molar-refractivity contribution in [1.82, 2.24) is 5.32 Å². The molecule has 0 spiro atoms. The number of benzene rings is 2. The Morgan fingerprint density at radius 3 is 2.23 bits per heavy atom. The van der Waals surface area contributed by atoms with Crippen molar-refractivity contribution in [2.45, 2.75) is 31.1 Å². The van der Waals surface area contributed by atoms with Gasteiger partial charge in [0.2, 0.25) is 5.91 Å². The zero-order valence-corrected chi connectivity index (χ0v) is 17.2. The van der Waals surface area contributed by atoms with Crippen molar-refractivity contribution in [2.75, 3.05) is 6.54 Å². The summed E-state index contributed by atoms with van der Waals surface area (Å²) in [6, 6.07) is 14.8. The van der Waals surface area contributed by atoms with Gasteiger partial charge in [0.1, 0.15) is 11.6 Å². The van der Waals surface area contributed by atoms with Crippen LogP contribution in [0.4, 0.5) is 8.78 Å². The summed E-state index contributed by atoms with van der Waals surface area (Å²) in [5, 5.41) is 2.92. The number of rotatable bonds is 9. The second kappa shape index (κ2) is 9.29. The molecule has 1 fully saturated rings. The molecule has 0 bridgehead atoms. The Kier molecular flexibility index (Phi) is 6.31. The topological polar surface area (TPSA) is 42.2 Å². The van der Waals surface area contributed by atoms with E-state index in [9.17, 15) is 13.6 Å². The lowest BCUT2D eigenvalue weighted by Gasteiger charge is -2.18. The van der Waals surface area contributed by atoms with Crippen LogP contribution in [0.5, 0.6) is 0 Å². The zero-order valence-electron chi connectivity index (χ0n) is 17.2. The summed E-state index contributed by atoms with van der Waals surface area (Å²) in [7, 11) is 0. The van der Waals surface area contributed by atoms with E-state index in [0.717, 1.165) is 42.4 Å². The molecule has 0 radical (unpaired) electrons. The van der Waals surface area contributed by atoms with Gasteiger partial charge in [0.05, 0.1) is 12.5 Å². The average Bonchev–Trinajstić information content (AvgIpc) is 3.26. The first kappa shape index (κ1) is 21.0. The number of unbranched alkanes of at least 4 members (excludes halogenated alkanes) is 1. The number of hydrogen-bond acceptors (Lipinski definition) is 2. The van der Waals surface area contributed by atoms with Crippen LogP contribution >= 0.6 is 0 Å². The molecule has 4 rings (SSSR count). The predicted molar refractivity (Wildman–Crippen MR) is 115 cm³/mol. The standard InChI is InChI=1S/C26H25F2NO2/c27-23-9-4-20(5-10-23)26(21-6-11-24(28)12-7-21)17-22(26)8-13-25(30)29-15-2-1-3-19-14-16-31-18-19/h4-14,16,18,22H,1-3,15,17H2,(H,29,30)/b13-8+/t22-/m1/s1. The molecule has 1 aromatic heterocycles. The summed E-state index contributed by atoms with van der Waals surface area (Å²) in [4.78, 5) is 12.2. The molecule has 1 N–H and O–H groups in total. The highest BCUT2D eigenvalue weighted by atomic mass is 19.1. The summed E-state index contributed by atoms with van der Waals surface area (Å²) >= 11 is 0. The Morgan fingerprint density at radius 2 is 1.65 bits per heavy atom. The molecule has 0 unspecified atom stereocenters. The van der Waals surface area contributed by atoms with Gasteiger partial charge < -0.3 is 9.73 Å². The molecule has 1 amide bonds. The lowest BCUT2D eigenvalue weighted by molar-refractivity contribution is -0.116. The van der Waals surface area contributed by atoms with E-state index in [1.807, 2.05) is 12.1 Å². The number of carbonyl (C=O) groups excluding carboxylic acids is 1. The van der Waals surface area contributed by atoms with Gasteiger partial charge in [-0.3, -0.25) is 4.79 Å². The fourth-order valence-corrected chi connectivity index (χ4v) is 4.21. The number of carbonyl (C=O) groups is 1. The van der Waals surface area contributed by atoms with Gasteiger partial charge in [-0.2, -0.15) is 0 Å². The molecule has 0 saturated heterocycles. The third-order valence-corrected chi connectivity index (χ3v) is 5.98. The summed E-state index contributed by atoms with van der Waals surface area (Å²) in [6.07, 6.45) is 10.5. The average molecular weight is 421 g/mol. The fraction of sp³-hybridized carbons (Fsp3) is 0.269. The first-order chi connectivity index (χ1) is 15.1. The Balaban J connectivity index is 1.35. The smallest absolute Gasteiger partial charge is 0.243 e. The molecule has 1 aliphatic carbocycles.